The smallest absolute Gasteiger partial charge is 0.435 e. The first-order valence-corrected chi connectivity index (χ1v) is 10.3. The maximum atomic E-state index is 13.3. The SMILES string of the molecule is CCOCOc1cccc(-c2cc(C(F)(F)F)nn2-c2ccc(S(N)(=O)=O)cc2)c1. The van der Waals surface area contributed by atoms with Crippen molar-refractivity contribution in [1.29, 1.82) is 0 Å². The van der Waals surface area contributed by atoms with E-state index in [4.69, 9.17) is 14.6 Å². The van der Waals surface area contributed by atoms with Crippen LogP contribution in [-0.4, -0.2) is 31.6 Å². The zero-order chi connectivity index (χ0) is 21.9. The zero-order valence-corrected chi connectivity index (χ0v) is 16.6. The highest BCUT2D eigenvalue weighted by Crippen LogP contribution is 2.34. The molecule has 0 amide bonds. The Morgan fingerprint density at radius 1 is 1.10 bits per heavy atom. The molecule has 7 nitrogen and oxygen atoms in total. The van der Waals surface area contributed by atoms with Gasteiger partial charge in [-0.3, -0.25) is 0 Å². The fourth-order valence-corrected chi connectivity index (χ4v) is 3.15. The first-order chi connectivity index (χ1) is 14.1. The van der Waals surface area contributed by atoms with E-state index >= 15 is 0 Å². The van der Waals surface area contributed by atoms with Gasteiger partial charge >= 0.3 is 6.18 Å². The summed E-state index contributed by atoms with van der Waals surface area (Å²) in [7, 11) is -3.94. The van der Waals surface area contributed by atoms with Crippen molar-refractivity contribution in [3.05, 3.63) is 60.3 Å². The molecule has 0 aliphatic heterocycles. The Morgan fingerprint density at radius 2 is 1.80 bits per heavy atom. The predicted molar refractivity (Wildman–Crippen MR) is 102 cm³/mol. The number of nitrogens with two attached hydrogens (primary N) is 1. The minimum absolute atomic E-state index is 0.00202. The Kier molecular flexibility index (Phi) is 6.15. The van der Waals surface area contributed by atoms with Crippen LogP contribution in [0.4, 0.5) is 13.2 Å². The number of sulfonamides is 1. The summed E-state index contributed by atoms with van der Waals surface area (Å²) in [6, 6.07) is 12.4. The van der Waals surface area contributed by atoms with E-state index in [0.717, 1.165) is 10.7 Å². The van der Waals surface area contributed by atoms with Gasteiger partial charge in [0.25, 0.3) is 0 Å². The van der Waals surface area contributed by atoms with E-state index in [0.29, 0.717) is 17.9 Å². The molecule has 0 atom stereocenters. The fraction of sp³-hybridized carbons (Fsp3) is 0.211. The lowest BCUT2D eigenvalue weighted by Gasteiger charge is -2.10. The van der Waals surface area contributed by atoms with Crippen molar-refractivity contribution in [2.75, 3.05) is 13.4 Å². The van der Waals surface area contributed by atoms with Crippen molar-refractivity contribution in [1.82, 2.24) is 9.78 Å². The van der Waals surface area contributed by atoms with E-state index in [2.05, 4.69) is 5.10 Å². The summed E-state index contributed by atoms with van der Waals surface area (Å²) in [5.41, 5.74) is -0.294. The largest absolute Gasteiger partial charge is 0.468 e. The minimum atomic E-state index is -4.66. The Labute approximate surface area is 170 Å². The van der Waals surface area contributed by atoms with E-state index in [9.17, 15) is 21.6 Å². The second-order valence-corrected chi connectivity index (χ2v) is 7.71. The molecule has 1 heterocycles. The number of alkyl halides is 3. The maximum Gasteiger partial charge on any atom is 0.435 e. The van der Waals surface area contributed by atoms with Crippen molar-refractivity contribution >= 4 is 10.0 Å². The number of primary sulfonamides is 1. The maximum absolute atomic E-state index is 13.3. The summed E-state index contributed by atoms with van der Waals surface area (Å²) in [6.07, 6.45) is -4.66. The van der Waals surface area contributed by atoms with Gasteiger partial charge in [0.2, 0.25) is 10.0 Å². The summed E-state index contributed by atoms with van der Waals surface area (Å²) in [4.78, 5) is -0.165. The Balaban J connectivity index is 2.07. The number of hydrogen-bond acceptors (Lipinski definition) is 5. The molecule has 11 heteroatoms. The molecule has 3 aromatic rings. The van der Waals surface area contributed by atoms with Crippen LogP contribution in [0.2, 0.25) is 0 Å². The summed E-state index contributed by atoms with van der Waals surface area (Å²) in [6.45, 7) is 2.26. The third kappa shape index (κ3) is 4.99. The normalized spacial score (nSPS) is 12.2. The summed E-state index contributed by atoms with van der Waals surface area (Å²) in [5, 5.41) is 8.74. The molecule has 0 aliphatic rings. The molecule has 1 aromatic heterocycles. The molecule has 0 saturated carbocycles. The van der Waals surface area contributed by atoms with Gasteiger partial charge in [-0.05, 0) is 49.4 Å². The highest BCUT2D eigenvalue weighted by molar-refractivity contribution is 7.89. The highest BCUT2D eigenvalue weighted by atomic mass is 32.2. The van der Waals surface area contributed by atoms with E-state index < -0.39 is 21.9 Å². The second-order valence-electron chi connectivity index (χ2n) is 6.15. The number of ether oxygens (including phenoxy) is 2. The molecule has 2 N–H and O–H groups in total. The lowest BCUT2D eigenvalue weighted by Crippen LogP contribution is -2.12. The summed E-state index contributed by atoms with van der Waals surface area (Å²) < 4.78 is 74.4. The quantitative estimate of drug-likeness (QED) is 0.447. The second kappa shape index (κ2) is 8.46. The van der Waals surface area contributed by atoms with Crippen LogP contribution in [0.5, 0.6) is 5.75 Å². The van der Waals surface area contributed by atoms with Gasteiger partial charge in [-0.1, -0.05) is 12.1 Å². The lowest BCUT2D eigenvalue weighted by molar-refractivity contribution is -0.141. The molecule has 160 valence electrons. The molecule has 0 bridgehead atoms. The molecule has 0 aliphatic carbocycles. The van der Waals surface area contributed by atoms with Gasteiger partial charge in [0.15, 0.2) is 12.5 Å². The van der Waals surface area contributed by atoms with Crippen molar-refractivity contribution in [2.45, 2.75) is 18.0 Å². The molecule has 0 fully saturated rings. The Morgan fingerprint density at radius 3 is 2.40 bits per heavy atom. The van der Waals surface area contributed by atoms with Crippen molar-refractivity contribution in [2.24, 2.45) is 5.14 Å². The van der Waals surface area contributed by atoms with E-state index in [1.807, 2.05) is 0 Å². The number of nitrogens with zero attached hydrogens (tertiary/aromatic N) is 2. The van der Waals surface area contributed by atoms with Crippen LogP contribution in [0.3, 0.4) is 0 Å². The van der Waals surface area contributed by atoms with Crippen LogP contribution in [-0.2, 0) is 20.9 Å². The number of benzene rings is 2. The van der Waals surface area contributed by atoms with Crippen LogP contribution in [0, 0.1) is 0 Å². The topological polar surface area (TPSA) is 96.4 Å². The minimum Gasteiger partial charge on any atom is -0.468 e. The van der Waals surface area contributed by atoms with Crippen molar-refractivity contribution in [3.8, 4) is 22.7 Å². The summed E-state index contributed by atoms with van der Waals surface area (Å²) in [5.74, 6) is 0.409. The standard InChI is InChI=1S/C19H18F3N3O4S/c1-2-28-12-29-15-5-3-4-13(10-15)17-11-18(19(20,21)22)24-25(17)14-6-8-16(9-7-14)30(23,26)27/h3-11H,2,12H2,1H3,(H2,23,26,27). The average Bonchev–Trinajstić information content (AvgIpc) is 3.14. The van der Waals surface area contributed by atoms with E-state index in [1.54, 1.807) is 31.2 Å². The third-order valence-corrected chi connectivity index (χ3v) is 4.98. The first kappa shape index (κ1) is 21.8. The van der Waals surface area contributed by atoms with Gasteiger partial charge in [-0.15, -0.1) is 0 Å². The molecular formula is C19H18F3N3O4S. The number of hydrogen-bond donors (Lipinski definition) is 1. The van der Waals surface area contributed by atoms with Gasteiger partial charge in [-0.25, -0.2) is 18.2 Å². The van der Waals surface area contributed by atoms with Gasteiger partial charge in [0.05, 0.1) is 16.3 Å². The average molecular weight is 441 g/mol. The molecule has 0 radical (unpaired) electrons. The van der Waals surface area contributed by atoms with Gasteiger partial charge in [0, 0.05) is 12.2 Å². The molecule has 0 spiro atoms. The lowest BCUT2D eigenvalue weighted by atomic mass is 10.1. The monoisotopic (exact) mass is 441 g/mol. The summed E-state index contributed by atoms with van der Waals surface area (Å²) >= 11 is 0. The van der Waals surface area contributed by atoms with Gasteiger partial charge in [-0.2, -0.15) is 18.3 Å². The van der Waals surface area contributed by atoms with Crippen LogP contribution in [0.15, 0.2) is 59.5 Å². The third-order valence-electron chi connectivity index (χ3n) is 4.05. The number of rotatable bonds is 7. The van der Waals surface area contributed by atoms with Crippen LogP contribution in [0.1, 0.15) is 12.6 Å². The highest BCUT2D eigenvalue weighted by Gasteiger charge is 2.35. The Hall–Kier alpha value is -2.89. The van der Waals surface area contributed by atoms with Crippen molar-refractivity contribution < 1.29 is 31.1 Å². The molecule has 0 saturated heterocycles. The van der Waals surface area contributed by atoms with Gasteiger partial charge < -0.3 is 9.47 Å². The number of aromatic nitrogens is 2. The number of halogens is 3. The molecule has 0 unspecified atom stereocenters. The van der Waals surface area contributed by atoms with Crippen LogP contribution < -0.4 is 9.88 Å². The molecule has 30 heavy (non-hydrogen) atoms. The molecular weight excluding hydrogens is 423 g/mol. The van der Waals surface area contributed by atoms with E-state index in [1.165, 1.54) is 24.3 Å². The molecule has 3 rings (SSSR count). The van der Waals surface area contributed by atoms with E-state index in [-0.39, 0.29) is 23.1 Å². The fourth-order valence-electron chi connectivity index (χ4n) is 2.64. The van der Waals surface area contributed by atoms with Crippen LogP contribution in [0.25, 0.3) is 16.9 Å². The predicted octanol–water partition coefficient (Wildman–Crippen LogP) is 3.58. The van der Waals surface area contributed by atoms with Crippen molar-refractivity contribution in [3.63, 3.8) is 0 Å². The zero-order valence-electron chi connectivity index (χ0n) is 15.8. The van der Waals surface area contributed by atoms with Crippen LogP contribution >= 0.6 is 0 Å². The molecule has 2 aromatic carbocycles. The first-order valence-electron chi connectivity index (χ1n) is 8.71. The Bertz CT molecular complexity index is 1130. The van der Waals surface area contributed by atoms with Gasteiger partial charge in [0.1, 0.15) is 5.75 Å².